The molecule has 3 saturated carbocycles. The predicted octanol–water partition coefficient (Wildman–Crippen LogP) is 4.32. The van der Waals surface area contributed by atoms with E-state index >= 15 is 0 Å². The van der Waals surface area contributed by atoms with Crippen molar-refractivity contribution in [3.05, 3.63) is 31.5 Å². The van der Waals surface area contributed by atoms with Crippen LogP contribution < -0.4 is 17.1 Å². The lowest BCUT2D eigenvalue weighted by atomic mass is 9.80. The highest BCUT2D eigenvalue weighted by molar-refractivity contribution is 5.34. The minimum Gasteiger partial charge on any atom is -0.247 e. The maximum Gasteiger partial charge on any atom is 0.336 e. The third-order valence-corrected chi connectivity index (χ3v) is 10.7. The van der Waals surface area contributed by atoms with Crippen molar-refractivity contribution < 1.29 is 14.4 Å². The Bertz CT molecular complexity index is 1350. The van der Waals surface area contributed by atoms with Crippen molar-refractivity contribution in [1.82, 2.24) is 13.7 Å². The molecule has 0 radical (unpaired) electrons. The summed E-state index contributed by atoms with van der Waals surface area (Å²) < 4.78 is 4.06. The van der Waals surface area contributed by atoms with Crippen LogP contribution in [0.5, 0.6) is 0 Å². The van der Waals surface area contributed by atoms with E-state index in [4.69, 9.17) is 0 Å². The molecule has 12 nitrogen and oxygen atoms in total. The van der Waals surface area contributed by atoms with Gasteiger partial charge in [-0.15, -0.1) is 0 Å². The quantitative estimate of drug-likeness (QED) is 0.254. The number of hydrogen-bond donors (Lipinski definition) is 0. The van der Waals surface area contributed by atoms with Gasteiger partial charge in [-0.25, -0.2) is 57.4 Å². The lowest BCUT2D eigenvalue weighted by Crippen LogP contribution is -2.58. The first-order chi connectivity index (χ1) is 21.4. The lowest BCUT2D eigenvalue weighted by Gasteiger charge is -2.35. The van der Waals surface area contributed by atoms with Gasteiger partial charge in [-0.3, -0.25) is 0 Å². The standard InChI is InChI=1S/C32H46N6O6/c1-3-28(34-20-40)23-7-13-26(14-8-23)37-30(42)36(25-11-5-22(6-12-25)17-18-33-19-39)31(43)38(32(37)44)27-15-9-24(10-16-27)29(4-2)35-21-41/h22-29H,3-18H2,1-2H3. The summed E-state index contributed by atoms with van der Waals surface area (Å²) in [6.07, 6.45) is 15.4. The fourth-order valence-corrected chi connectivity index (χ4v) is 8.20. The van der Waals surface area contributed by atoms with E-state index in [1.165, 1.54) is 13.7 Å². The molecule has 1 aromatic rings. The molecule has 0 spiro atoms. The van der Waals surface area contributed by atoms with Gasteiger partial charge in [0.1, 0.15) is 0 Å². The van der Waals surface area contributed by atoms with Gasteiger partial charge < -0.3 is 0 Å². The molecule has 0 saturated heterocycles. The first-order valence-electron chi connectivity index (χ1n) is 16.5. The molecule has 240 valence electrons. The average molecular weight is 611 g/mol. The molecule has 0 amide bonds. The Labute approximate surface area is 257 Å². The molecule has 12 heteroatoms. The average Bonchev–Trinajstić information content (AvgIpc) is 3.04. The van der Waals surface area contributed by atoms with Gasteiger partial charge in [0, 0.05) is 18.1 Å². The molecule has 3 aliphatic carbocycles. The molecule has 2 atom stereocenters. The number of nitrogens with zero attached hydrogens (tertiary/aromatic N) is 6. The van der Waals surface area contributed by atoms with Crippen molar-refractivity contribution in [1.29, 1.82) is 0 Å². The Hall–Kier alpha value is -3.45. The molecule has 3 fully saturated rings. The Morgan fingerprint density at radius 3 is 1.27 bits per heavy atom. The van der Waals surface area contributed by atoms with Crippen LogP contribution in [0.25, 0.3) is 0 Å². The van der Waals surface area contributed by atoms with Crippen LogP contribution in [0, 0.1) is 17.8 Å². The van der Waals surface area contributed by atoms with Crippen LogP contribution in [-0.2, 0) is 14.4 Å². The van der Waals surface area contributed by atoms with E-state index in [1.807, 2.05) is 13.8 Å². The molecular formula is C32H46N6O6. The zero-order valence-electron chi connectivity index (χ0n) is 26.1. The number of hydrogen-bond acceptors (Lipinski definition) is 9. The summed E-state index contributed by atoms with van der Waals surface area (Å²) in [5.41, 5.74) is -1.57. The Morgan fingerprint density at radius 1 is 0.591 bits per heavy atom. The first kappa shape index (κ1) is 33.4. The zero-order valence-corrected chi connectivity index (χ0v) is 26.1. The monoisotopic (exact) mass is 610 g/mol. The maximum absolute atomic E-state index is 14.1. The summed E-state index contributed by atoms with van der Waals surface area (Å²) in [5, 5.41) is 0. The van der Waals surface area contributed by atoms with E-state index in [0.717, 1.165) is 57.8 Å². The largest absolute Gasteiger partial charge is 0.336 e. The first-order valence-corrected chi connectivity index (χ1v) is 16.5. The second kappa shape index (κ2) is 16.0. The van der Waals surface area contributed by atoms with Gasteiger partial charge in [-0.05, 0) is 114 Å². The normalized spacial score (nSPS) is 28.5. The second-order valence-corrected chi connectivity index (χ2v) is 12.9. The highest BCUT2D eigenvalue weighted by Crippen LogP contribution is 2.37. The molecule has 0 bridgehead atoms. The molecule has 44 heavy (non-hydrogen) atoms. The zero-order chi connectivity index (χ0) is 31.6. The van der Waals surface area contributed by atoms with E-state index in [-0.39, 0.29) is 42.0 Å². The lowest BCUT2D eigenvalue weighted by molar-refractivity contribution is 0.191. The third kappa shape index (κ3) is 7.43. The number of carbonyl (C=O) groups excluding carboxylic acids is 3. The molecule has 2 unspecified atom stereocenters. The van der Waals surface area contributed by atoms with E-state index in [0.29, 0.717) is 51.0 Å². The molecule has 3 aliphatic rings. The van der Waals surface area contributed by atoms with Gasteiger partial charge in [0.05, 0.1) is 18.6 Å². The van der Waals surface area contributed by atoms with Gasteiger partial charge >= 0.3 is 17.1 Å². The molecular weight excluding hydrogens is 564 g/mol. The highest BCUT2D eigenvalue weighted by atomic mass is 16.2. The molecule has 4 rings (SSSR count). The fourth-order valence-electron chi connectivity index (χ4n) is 8.20. The summed E-state index contributed by atoms with van der Waals surface area (Å²) in [6.45, 7) is 4.41. The van der Waals surface area contributed by atoms with Gasteiger partial charge in [0.25, 0.3) is 0 Å². The van der Waals surface area contributed by atoms with Crippen LogP contribution in [-0.4, -0.2) is 50.6 Å². The summed E-state index contributed by atoms with van der Waals surface area (Å²) in [5.74, 6) is 0.742. The number of isocyanates is 3. The molecule has 0 N–H and O–H groups in total. The van der Waals surface area contributed by atoms with Gasteiger partial charge in [-0.2, -0.15) is 0 Å². The van der Waals surface area contributed by atoms with Crippen LogP contribution >= 0.6 is 0 Å². The number of rotatable bonds is 12. The number of aromatic nitrogens is 3. The van der Waals surface area contributed by atoms with E-state index in [2.05, 4.69) is 15.0 Å². The van der Waals surface area contributed by atoms with E-state index in [1.54, 1.807) is 18.2 Å². The Morgan fingerprint density at radius 2 is 0.955 bits per heavy atom. The van der Waals surface area contributed by atoms with Crippen molar-refractivity contribution in [2.24, 2.45) is 32.7 Å². The van der Waals surface area contributed by atoms with Crippen molar-refractivity contribution in [3.63, 3.8) is 0 Å². The van der Waals surface area contributed by atoms with Crippen LogP contribution in [0.4, 0.5) is 0 Å². The summed E-state index contributed by atoms with van der Waals surface area (Å²) in [6, 6.07) is -1.20. The molecule has 1 heterocycles. The van der Waals surface area contributed by atoms with Crippen molar-refractivity contribution >= 4 is 18.2 Å². The van der Waals surface area contributed by atoms with Crippen molar-refractivity contribution in [2.75, 3.05) is 6.54 Å². The smallest absolute Gasteiger partial charge is 0.247 e. The second-order valence-electron chi connectivity index (χ2n) is 12.9. The molecule has 0 aromatic carbocycles. The van der Waals surface area contributed by atoms with Crippen molar-refractivity contribution in [3.8, 4) is 0 Å². The summed E-state index contributed by atoms with van der Waals surface area (Å²) >= 11 is 0. The van der Waals surface area contributed by atoms with Crippen LogP contribution in [0.1, 0.15) is 128 Å². The van der Waals surface area contributed by atoms with Gasteiger partial charge in [-0.1, -0.05) is 13.8 Å². The molecule has 1 aromatic heterocycles. The Balaban J connectivity index is 1.66. The third-order valence-electron chi connectivity index (χ3n) is 10.7. The van der Waals surface area contributed by atoms with Crippen molar-refractivity contribution in [2.45, 2.75) is 140 Å². The topological polar surface area (TPSA) is 154 Å². The van der Waals surface area contributed by atoms with Crippen LogP contribution in [0.15, 0.2) is 29.4 Å². The fraction of sp³-hybridized carbons (Fsp3) is 0.812. The minimum atomic E-state index is -0.528. The van der Waals surface area contributed by atoms with Gasteiger partial charge in [0.15, 0.2) is 0 Å². The number of aliphatic imine (C=N–C) groups is 3. The molecule has 0 aliphatic heterocycles. The van der Waals surface area contributed by atoms with E-state index in [9.17, 15) is 28.8 Å². The van der Waals surface area contributed by atoms with Gasteiger partial charge in [0.2, 0.25) is 18.2 Å². The SMILES string of the molecule is CCC(N=C=O)C1CCC(n2c(=O)n(C3CCC(CCN=C=O)CC3)c(=O)n(C3CCC(C(CC)N=C=O)CC3)c2=O)CC1. The Kier molecular flexibility index (Phi) is 12.2. The van der Waals surface area contributed by atoms with Crippen LogP contribution in [0.3, 0.4) is 0 Å². The minimum absolute atomic E-state index is 0.117. The maximum atomic E-state index is 14.1. The summed E-state index contributed by atoms with van der Waals surface area (Å²) in [4.78, 5) is 86.3. The highest BCUT2D eigenvalue weighted by Gasteiger charge is 2.35. The predicted molar refractivity (Wildman–Crippen MR) is 164 cm³/mol. The van der Waals surface area contributed by atoms with E-state index < -0.39 is 17.1 Å². The summed E-state index contributed by atoms with van der Waals surface area (Å²) in [7, 11) is 0. The van der Waals surface area contributed by atoms with Crippen LogP contribution in [0.2, 0.25) is 0 Å².